The number of benzene rings is 1. The Morgan fingerprint density at radius 2 is 1.75 bits per heavy atom. The highest BCUT2D eigenvalue weighted by atomic mass is 79.9. The van der Waals surface area contributed by atoms with Crippen molar-refractivity contribution in [3.63, 3.8) is 0 Å². The maximum absolute atomic E-state index is 11.6. The molecule has 0 saturated carbocycles. The lowest BCUT2D eigenvalue weighted by Gasteiger charge is -2.35. The third-order valence-corrected chi connectivity index (χ3v) is 4.75. The minimum atomic E-state index is -0.799. The number of carboxylic acid groups (broad SMARTS) is 1. The Balaban J connectivity index is 0.000000272. The average molecular weight is 465 g/mol. The number of rotatable bonds is 3. The third-order valence-electron chi connectivity index (χ3n) is 3.19. The summed E-state index contributed by atoms with van der Waals surface area (Å²) >= 11 is 6.63. The summed E-state index contributed by atoms with van der Waals surface area (Å²) in [4.78, 5) is 23.2. The minimum absolute atomic E-state index is 0.274. The van der Waals surface area contributed by atoms with Crippen LogP contribution in [-0.4, -0.2) is 46.1 Å². The summed E-state index contributed by atoms with van der Waals surface area (Å²) in [6.07, 6.45) is -0.799. The summed E-state index contributed by atoms with van der Waals surface area (Å²) in [5.74, 6) is 0.268. The number of likely N-dealkylation sites (tertiary alicyclic amines) is 1. The van der Waals surface area contributed by atoms with Gasteiger partial charge in [0.25, 0.3) is 0 Å². The first-order valence-corrected chi connectivity index (χ1v) is 9.82. The van der Waals surface area contributed by atoms with E-state index in [2.05, 4.69) is 31.9 Å². The molecule has 1 aliphatic heterocycles. The molecule has 0 atom stereocenters. The maximum Gasteiger partial charge on any atom is 0.407 e. The molecule has 0 aliphatic carbocycles. The van der Waals surface area contributed by atoms with Gasteiger partial charge in [-0.25, -0.2) is 9.59 Å². The molecular formula is C17H23Br2NO4. The van der Waals surface area contributed by atoms with E-state index in [-0.39, 0.29) is 5.97 Å². The van der Waals surface area contributed by atoms with Gasteiger partial charge >= 0.3 is 12.1 Å². The quantitative estimate of drug-likeness (QED) is 0.527. The molecule has 0 unspecified atom stereocenters. The normalized spacial score (nSPS) is 14.3. The summed E-state index contributed by atoms with van der Waals surface area (Å²) in [5, 5.41) is 10.1. The van der Waals surface area contributed by atoms with Crippen LogP contribution in [0.25, 0.3) is 0 Å². The van der Waals surface area contributed by atoms with Gasteiger partial charge in [0.2, 0.25) is 0 Å². The molecule has 1 aromatic carbocycles. The lowest BCUT2D eigenvalue weighted by atomic mass is 10.0. The molecular weight excluding hydrogens is 442 g/mol. The maximum atomic E-state index is 11.6. The molecule has 0 radical (unpaired) electrons. The van der Waals surface area contributed by atoms with Crippen LogP contribution < -0.4 is 0 Å². The van der Waals surface area contributed by atoms with Crippen LogP contribution in [0.2, 0.25) is 0 Å². The molecule has 134 valence electrons. The molecule has 24 heavy (non-hydrogen) atoms. The zero-order chi connectivity index (χ0) is 18.3. The van der Waals surface area contributed by atoms with Crippen molar-refractivity contribution in [1.29, 1.82) is 0 Å². The van der Waals surface area contributed by atoms with Gasteiger partial charge in [-0.15, -0.1) is 0 Å². The zero-order valence-electron chi connectivity index (χ0n) is 14.1. The molecule has 1 amide bonds. The Morgan fingerprint density at radius 3 is 2.12 bits per heavy atom. The number of carbonyl (C=O) groups excluding carboxylic acids is 1. The highest BCUT2D eigenvalue weighted by Gasteiger charge is 2.28. The average Bonchev–Trinajstić information content (AvgIpc) is 2.45. The summed E-state index contributed by atoms with van der Waals surface area (Å²) in [6.45, 7) is 6.97. The molecule has 1 aliphatic rings. The van der Waals surface area contributed by atoms with Gasteiger partial charge in [0, 0.05) is 29.7 Å². The Hall–Kier alpha value is -1.08. The van der Waals surface area contributed by atoms with Crippen molar-refractivity contribution in [2.75, 3.05) is 18.4 Å². The van der Waals surface area contributed by atoms with E-state index in [1.165, 1.54) is 4.90 Å². The van der Waals surface area contributed by atoms with Gasteiger partial charge in [-0.05, 0) is 38.5 Å². The predicted octanol–water partition coefficient (Wildman–Crippen LogP) is 4.53. The van der Waals surface area contributed by atoms with Crippen molar-refractivity contribution in [3.05, 3.63) is 35.4 Å². The highest BCUT2D eigenvalue weighted by molar-refractivity contribution is 9.09. The molecule has 0 bridgehead atoms. The summed E-state index contributed by atoms with van der Waals surface area (Å²) in [5.41, 5.74) is 1.29. The fraction of sp³-hybridized carbons (Fsp3) is 0.529. The second kappa shape index (κ2) is 9.42. The summed E-state index contributed by atoms with van der Waals surface area (Å²) in [6, 6.07) is 7.39. The Labute approximate surface area is 159 Å². The smallest absolute Gasteiger partial charge is 0.407 e. The van der Waals surface area contributed by atoms with Gasteiger partial charge in [-0.2, -0.15) is 0 Å². The monoisotopic (exact) mass is 463 g/mol. The van der Waals surface area contributed by atoms with E-state index in [0.717, 1.165) is 16.2 Å². The Bertz CT molecular complexity index is 549. The molecule has 7 heteroatoms. The molecule has 1 fully saturated rings. The van der Waals surface area contributed by atoms with Gasteiger partial charge in [0.15, 0.2) is 0 Å². The van der Waals surface area contributed by atoms with Crippen LogP contribution in [0.15, 0.2) is 24.3 Å². The van der Waals surface area contributed by atoms with Crippen LogP contribution in [-0.2, 0) is 10.1 Å². The number of carbonyl (C=O) groups is 2. The second-order valence-corrected chi connectivity index (χ2v) is 7.75. The molecule has 1 N–H and O–H groups in total. The van der Waals surface area contributed by atoms with Crippen molar-refractivity contribution >= 4 is 43.9 Å². The zero-order valence-corrected chi connectivity index (χ0v) is 17.3. The fourth-order valence-corrected chi connectivity index (χ4v) is 2.67. The number of amides is 1. The van der Waals surface area contributed by atoms with E-state index in [0.29, 0.717) is 24.6 Å². The van der Waals surface area contributed by atoms with Crippen LogP contribution in [0.3, 0.4) is 0 Å². The molecule has 5 nitrogen and oxygen atoms in total. The van der Waals surface area contributed by atoms with E-state index in [4.69, 9.17) is 9.84 Å². The Kier molecular flexibility index (Phi) is 8.22. The van der Waals surface area contributed by atoms with E-state index in [1.807, 2.05) is 32.9 Å². The largest absolute Gasteiger partial charge is 0.465 e. The first-order chi connectivity index (χ1) is 11.2. The number of halogens is 2. The number of ether oxygens (including phenoxy) is 1. The van der Waals surface area contributed by atoms with Gasteiger partial charge in [-0.1, -0.05) is 44.0 Å². The number of nitrogens with zero attached hydrogens (tertiary/aromatic N) is 1. The Morgan fingerprint density at radius 1 is 1.21 bits per heavy atom. The number of hydrogen-bond acceptors (Lipinski definition) is 3. The number of alkyl halides is 2. The first kappa shape index (κ1) is 21.0. The van der Waals surface area contributed by atoms with Crippen LogP contribution in [0.1, 0.15) is 36.7 Å². The lowest BCUT2D eigenvalue weighted by molar-refractivity contribution is 0.00694. The van der Waals surface area contributed by atoms with E-state index in [9.17, 15) is 9.59 Å². The molecule has 1 heterocycles. The van der Waals surface area contributed by atoms with Gasteiger partial charge in [-0.3, -0.25) is 0 Å². The number of hydrogen-bond donors (Lipinski definition) is 1. The van der Waals surface area contributed by atoms with Crippen molar-refractivity contribution in [1.82, 2.24) is 4.90 Å². The number of esters is 1. The highest BCUT2D eigenvalue weighted by Crippen LogP contribution is 2.16. The van der Waals surface area contributed by atoms with Gasteiger partial charge in [0.1, 0.15) is 5.60 Å². The minimum Gasteiger partial charge on any atom is -0.465 e. The molecule has 1 saturated heterocycles. The van der Waals surface area contributed by atoms with Crippen LogP contribution in [0.4, 0.5) is 4.79 Å². The van der Waals surface area contributed by atoms with Crippen LogP contribution >= 0.6 is 31.9 Å². The van der Waals surface area contributed by atoms with E-state index < -0.39 is 11.7 Å². The van der Waals surface area contributed by atoms with E-state index in [1.54, 1.807) is 12.1 Å². The standard InChI is InChI=1S/C12H15BrO2.C5H8BrNO2/c1-12(2,3)15-11(14)10-6-4-9(8-13)5-7-10;6-1-4-2-7(3-4)5(8)9/h4-7H,8H2,1-3H3;4H,1-3H2,(H,8,9). The van der Waals surface area contributed by atoms with Crippen molar-refractivity contribution < 1.29 is 19.4 Å². The molecule has 2 rings (SSSR count). The van der Waals surface area contributed by atoms with Crippen LogP contribution in [0.5, 0.6) is 0 Å². The van der Waals surface area contributed by atoms with Crippen molar-refractivity contribution in [2.45, 2.75) is 31.7 Å². The van der Waals surface area contributed by atoms with Crippen LogP contribution in [0, 0.1) is 5.92 Å². The first-order valence-electron chi connectivity index (χ1n) is 7.58. The molecule has 0 spiro atoms. The van der Waals surface area contributed by atoms with E-state index >= 15 is 0 Å². The second-order valence-electron chi connectivity index (χ2n) is 6.54. The van der Waals surface area contributed by atoms with Gasteiger partial charge < -0.3 is 14.7 Å². The fourth-order valence-electron chi connectivity index (χ4n) is 1.89. The SMILES string of the molecule is CC(C)(C)OC(=O)c1ccc(CBr)cc1.O=C(O)N1CC(CBr)C1. The third kappa shape index (κ3) is 7.21. The molecule has 0 aromatic heterocycles. The summed E-state index contributed by atoms with van der Waals surface area (Å²) < 4.78 is 5.25. The van der Waals surface area contributed by atoms with Crippen molar-refractivity contribution in [3.8, 4) is 0 Å². The molecule has 1 aromatic rings. The summed E-state index contributed by atoms with van der Waals surface area (Å²) in [7, 11) is 0. The van der Waals surface area contributed by atoms with Crippen molar-refractivity contribution in [2.24, 2.45) is 5.92 Å². The lowest BCUT2D eigenvalue weighted by Crippen LogP contribution is -2.49. The van der Waals surface area contributed by atoms with Gasteiger partial charge in [0.05, 0.1) is 5.56 Å². The predicted molar refractivity (Wildman–Crippen MR) is 101 cm³/mol. The topological polar surface area (TPSA) is 66.8 Å².